The maximum atomic E-state index is 12.4. The van der Waals surface area contributed by atoms with Crippen molar-refractivity contribution in [1.82, 2.24) is 4.90 Å². The highest BCUT2D eigenvalue weighted by atomic mass is 16.6. The van der Waals surface area contributed by atoms with E-state index in [0.29, 0.717) is 5.92 Å². The monoisotopic (exact) mass is 359 g/mol. The second-order valence-electron chi connectivity index (χ2n) is 10.8. The average molecular weight is 360 g/mol. The highest BCUT2D eigenvalue weighted by molar-refractivity contribution is 5.68. The van der Waals surface area contributed by atoms with E-state index in [1.807, 2.05) is 25.7 Å². The van der Waals surface area contributed by atoms with Gasteiger partial charge in [0.05, 0.1) is 0 Å². The van der Waals surface area contributed by atoms with Crippen LogP contribution < -0.4 is 0 Å². The number of hydrogen-bond acceptors (Lipinski definition) is 2. The van der Waals surface area contributed by atoms with Crippen LogP contribution >= 0.6 is 0 Å². The molecular formula is C23H37NO2. The Morgan fingerprint density at radius 2 is 1.42 bits per heavy atom. The Bertz CT molecular complexity index is 624. The molecule has 0 spiro atoms. The minimum atomic E-state index is -0.444. The number of nitrogens with zero attached hydrogens (tertiary/aromatic N) is 1. The van der Waals surface area contributed by atoms with Crippen molar-refractivity contribution in [2.75, 3.05) is 13.1 Å². The van der Waals surface area contributed by atoms with Gasteiger partial charge in [-0.25, -0.2) is 4.79 Å². The normalized spacial score (nSPS) is 19.0. The van der Waals surface area contributed by atoms with Crippen LogP contribution in [-0.4, -0.2) is 29.7 Å². The SMILES string of the molecule is CC(C)(C)OC(=O)N1CCC(c2cc(C(C)(C)C)cc(C(C)(C)C)c2)C1. The molecule has 3 heteroatoms. The summed E-state index contributed by atoms with van der Waals surface area (Å²) in [6.45, 7) is 20.8. The van der Waals surface area contributed by atoms with Gasteiger partial charge < -0.3 is 9.64 Å². The molecular weight excluding hydrogens is 322 g/mol. The lowest BCUT2D eigenvalue weighted by Crippen LogP contribution is -2.35. The number of benzene rings is 1. The van der Waals surface area contributed by atoms with E-state index in [-0.39, 0.29) is 16.9 Å². The van der Waals surface area contributed by atoms with Crippen LogP contribution in [0.1, 0.15) is 91.3 Å². The van der Waals surface area contributed by atoms with Crippen molar-refractivity contribution in [2.24, 2.45) is 0 Å². The molecule has 1 aliphatic heterocycles. The van der Waals surface area contributed by atoms with E-state index in [4.69, 9.17) is 4.74 Å². The van der Waals surface area contributed by atoms with Crippen molar-refractivity contribution < 1.29 is 9.53 Å². The van der Waals surface area contributed by atoms with Crippen LogP contribution in [-0.2, 0) is 15.6 Å². The van der Waals surface area contributed by atoms with Gasteiger partial charge in [0.25, 0.3) is 0 Å². The highest BCUT2D eigenvalue weighted by Crippen LogP contribution is 2.35. The zero-order chi connectivity index (χ0) is 19.9. The third-order valence-electron chi connectivity index (χ3n) is 5.00. The number of carbonyl (C=O) groups excluding carboxylic acids is 1. The van der Waals surface area contributed by atoms with Gasteiger partial charge in [-0.3, -0.25) is 0 Å². The zero-order valence-corrected chi connectivity index (χ0v) is 18.2. The lowest BCUT2D eigenvalue weighted by Gasteiger charge is -2.28. The van der Waals surface area contributed by atoms with E-state index in [9.17, 15) is 4.79 Å². The van der Waals surface area contributed by atoms with Gasteiger partial charge in [0, 0.05) is 19.0 Å². The molecule has 0 aliphatic carbocycles. The summed E-state index contributed by atoms with van der Waals surface area (Å²) in [5.74, 6) is 0.380. The van der Waals surface area contributed by atoms with Crippen LogP contribution in [0.3, 0.4) is 0 Å². The first-order chi connectivity index (χ1) is 11.7. The fourth-order valence-corrected chi connectivity index (χ4v) is 3.28. The lowest BCUT2D eigenvalue weighted by molar-refractivity contribution is 0.0292. The largest absolute Gasteiger partial charge is 0.444 e. The Morgan fingerprint density at radius 3 is 1.85 bits per heavy atom. The third kappa shape index (κ3) is 5.25. The van der Waals surface area contributed by atoms with E-state index in [0.717, 1.165) is 19.5 Å². The number of rotatable bonds is 1. The molecule has 0 radical (unpaired) electrons. The molecule has 0 saturated carbocycles. The van der Waals surface area contributed by atoms with Crippen LogP contribution in [0.5, 0.6) is 0 Å². The molecule has 1 heterocycles. The molecule has 3 nitrogen and oxygen atoms in total. The first kappa shape index (κ1) is 20.8. The van der Waals surface area contributed by atoms with Gasteiger partial charge in [0.2, 0.25) is 0 Å². The predicted molar refractivity (Wildman–Crippen MR) is 109 cm³/mol. The molecule has 1 aliphatic rings. The molecule has 1 unspecified atom stereocenters. The van der Waals surface area contributed by atoms with Crippen LogP contribution in [0.2, 0.25) is 0 Å². The van der Waals surface area contributed by atoms with Crippen molar-refractivity contribution >= 4 is 6.09 Å². The van der Waals surface area contributed by atoms with Gasteiger partial charge in [-0.2, -0.15) is 0 Å². The molecule has 1 saturated heterocycles. The second kappa shape index (κ2) is 6.90. The second-order valence-corrected chi connectivity index (χ2v) is 10.8. The van der Waals surface area contributed by atoms with E-state index in [1.54, 1.807) is 0 Å². The van der Waals surface area contributed by atoms with Crippen LogP contribution in [0.4, 0.5) is 4.79 Å². The number of hydrogen-bond donors (Lipinski definition) is 0. The summed E-state index contributed by atoms with van der Waals surface area (Å²) in [4.78, 5) is 14.3. The fraction of sp³-hybridized carbons (Fsp3) is 0.696. The summed E-state index contributed by atoms with van der Waals surface area (Å²) < 4.78 is 5.55. The van der Waals surface area contributed by atoms with Gasteiger partial charge in [0.15, 0.2) is 0 Å². The minimum absolute atomic E-state index is 0.111. The van der Waals surface area contributed by atoms with Crippen LogP contribution in [0, 0.1) is 0 Å². The lowest BCUT2D eigenvalue weighted by atomic mass is 9.78. The van der Waals surface area contributed by atoms with Gasteiger partial charge in [-0.05, 0) is 54.7 Å². The molecule has 2 rings (SSSR count). The Kier molecular flexibility index (Phi) is 5.52. The fourth-order valence-electron chi connectivity index (χ4n) is 3.28. The van der Waals surface area contributed by atoms with E-state index >= 15 is 0 Å². The van der Waals surface area contributed by atoms with Gasteiger partial charge in [-0.15, -0.1) is 0 Å². The molecule has 0 bridgehead atoms. The summed E-state index contributed by atoms with van der Waals surface area (Å²) in [6.07, 6.45) is 0.805. The Morgan fingerprint density at radius 1 is 0.923 bits per heavy atom. The van der Waals surface area contributed by atoms with E-state index in [1.165, 1.54) is 16.7 Å². The predicted octanol–water partition coefficient (Wildman–Crippen LogP) is 6.01. The van der Waals surface area contributed by atoms with Crippen LogP contribution in [0.15, 0.2) is 18.2 Å². The van der Waals surface area contributed by atoms with Crippen molar-refractivity contribution in [2.45, 2.75) is 91.1 Å². The van der Waals surface area contributed by atoms with Crippen molar-refractivity contribution in [3.63, 3.8) is 0 Å². The quantitative estimate of drug-likeness (QED) is 0.615. The summed E-state index contributed by atoms with van der Waals surface area (Å²) in [7, 11) is 0. The molecule has 1 atom stereocenters. The molecule has 1 amide bonds. The summed E-state index contributed by atoms with van der Waals surface area (Å²) >= 11 is 0. The number of amides is 1. The van der Waals surface area contributed by atoms with Gasteiger partial charge >= 0.3 is 6.09 Å². The maximum absolute atomic E-state index is 12.4. The number of likely N-dealkylation sites (tertiary alicyclic amines) is 1. The van der Waals surface area contributed by atoms with E-state index < -0.39 is 5.60 Å². The Hall–Kier alpha value is -1.51. The highest BCUT2D eigenvalue weighted by Gasteiger charge is 2.32. The first-order valence-electron chi connectivity index (χ1n) is 9.81. The molecule has 1 fully saturated rings. The standard InChI is InChI=1S/C23H37NO2/c1-21(2,3)18-12-17(13-19(14-18)22(4,5)6)16-10-11-24(15-16)20(25)26-23(7,8)9/h12-14,16H,10-11,15H2,1-9H3. The average Bonchev–Trinajstić information content (AvgIpc) is 2.93. The number of carbonyl (C=O) groups is 1. The van der Waals surface area contributed by atoms with E-state index in [2.05, 4.69) is 59.7 Å². The molecule has 1 aromatic rings. The summed E-state index contributed by atoms with van der Waals surface area (Å²) in [5.41, 5.74) is 3.87. The molecule has 0 aromatic heterocycles. The van der Waals surface area contributed by atoms with Crippen molar-refractivity contribution in [1.29, 1.82) is 0 Å². The molecule has 1 aromatic carbocycles. The van der Waals surface area contributed by atoms with Gasteiger partial charge in [0.1, 0.15) is 5.60 Å². The topological polar surface area (TPSA) is 29.5 Å². The maximum Gasteiger partial charge on any atom is 0.410 e. The third-order valence-corrected chi connectivity index (χ3v) is 5.00. The first-order valence-corrected chi connectivity index (χ1v) is 9.81. The van der Waals surface area contributed by atoms with Crippen molar-refractivity contribution in [3.05, 3.63) is 34.9 Å². The summed E-state index contributed by atoms with van der Waals surface area (Å²) in [5, 5.41) is 0. The zero-order valence-electron chi connectivity index (χ0n) is 18.2. The Balaban J connectivity index is 2.27. The smallest absolute Gasteiger partial charge is 0.410 e. The summed E-state index contributed by atoms with van der Waals surface area (Å²) in [6, 6.07) is 7.04. The van der Waals surface area contributed by atoms with Crippen molar-refractivity contribution in [3.8, 4) is 0 Å². The minimum Gasteiger partial charge on any atom is -0.444 e. The molecule has 146 valence electrons. The Labute approximate surface area is 160 Å². The molecule has 0 N–H and O–H groups in total. The van der Waals surface area contributed by atoms with Crippen LogP contribution in [0.25, 0.3) is 0 Å². The molecule has 26 heavy (non-hydrogen) atoms. The number of ether oxygens (including phenoxy) is 1. The van der Waals surface area contributed by atoms with Gasteiger partial charge in [-0.1, -0.05) is 59.7 Å².